The van der Waals surface area contributed by atoms with Crippen molar-refractivity contribution in [2.75, 3.05) is 0 Å². The Morgan fingerprint density at radius 2 is 2.10 bits per heavy atom. The third-order valence-electron chi connectivity index (χ3n) is 2.38. The Balaban J connectivity index is 3.28. The number of halogens is 1. The zero-order chi connectivity index (χ0) is 15.5. The number of aliphatic hydroxyl groups is 1. The van der Waals surface area contributed by atoms with Crippen LogP contribution >= 0.6 is 11.6 Å². The molecule has 0 radical (unpaired) electrons. The van der Waals surface area contributed by atoms with Crippen LogP contribution in [0.5, 0.6) is 0 Å². The van der Waals surface area contributed by atoms with Gasteiger partial charge in [-0.3, -0.25) is 4.79 Å². The molecular formula is C11H11ClN2O5S. The minimum atomic E-state index is -4.31. The predicted molar refractivity (Wildman–Crippen MR) is 69.6 cm³/mol. The molecule has 2 atom stereocenters. The van der Waals surface area contributed by atoms with Crippen LogP contribution in [0.4, 0.5) is 0 Å². The zero-order valence-corrected chi connectivity index (χ0v) is 11.8. The highest BCUT2D eigenvalue weighted by atomic mass is 35.5. The van der Waals surface area contributed by atoms with E-state index in [9.17, 15) is 18.3 Å². The van der Waals surface area contributed by atoms with Crippen LogP contribution in [-0.2, 0) is 14.8 Å². The number of nitrogens with zero attached hydrogens (tertiary/aromatic N) is 1. The number of rotatable bonds is 5. The predicted octanol–water partition coefficient (Wildman–Crippen LogP) is 0.324. The molecule has 0 aromatic heterocycles. The highest BCUT2D eigenvalue weighted by Crippen LogP contribution is 2.20. The average molecular weight is 319 g/mol. The van der Waals surface area contributed by atoms with Gasteiger partial charge in [0.25, 0.3) is 0 Å². The largest absolute Gasteiger partial charge is 0.480 e. The summed E-state index contributed by atoms with van der Waals surface area (Å²) < 4.78 is 26.0. The van der Waals surface area contributed by atoms with Crippen molar-refractivity contribution in [3.63, 3.8) is 0 Å². The van der Waals surface area contributed by atoms with Crippen LogP contribution in [0.1, 0.15) is 12.5 Å². The number of hydrogen-bond acceptors (Lipinski definition) is 5. The van der Waals surface area contributed by atoms with Gasteiger partial charge >= 0.3 is 5.97 Å². The minimum Gasteiger partial charge on any atom is -0.480 e. The number of aliphatic hydroxyl groups excluding tert-OH is 1. The highest BCUT2D eigenvalue weighted by Gasteiger charge is 2.30. The molecule has 0 heterocycles. The molecule has 108 valence electrons. The molecule has 0 aliphatic carbocycles. The molecule has 0 saturated heterocycles. The number of nitrogens with one attached hydrogen (secondary N) is 1. The molecule has 20 heavy (non-hydrogen) atoms. The number of carboxylic acids is 1. The van der Waals surface area contributed by atoms with Crippen LogP contribution in [0.3, 0.4) is 0 Å². The van der Waals surface area contributed by atoms with E-state index in [2.05, 4.69) is 0 Å². The van der Waals surface area contributed by atoms with Crippen LogP contribution < -0.4 is 4.72 Å². The molecule has 2 unspecified atom stereocenters. The van der Waals surface area contributed by atoms with Gasteiger partial charge in [-0.05, 0) is 25.1 Å². The Morgan fingerprint density at radius 3 is 2.55 bits per heavy atom. The summed E-state index contributed by atoms with van der Waals surface area (Å²) in [4.78, 5) is 10.4. The minimum absolute atomic E-state index is 0.0771. The van der Waals surface area contributed by atoms with Gasteiger partial charge in [-0.1, -0.05) is 11.6 Å². The first-order valence-electron chi connectivity index (χ1n) is 5.32. The topological polar surface area (TPSA) is 127 Å². The lowest BCUT2D eigenvalue weighted by Gasteiger charge is -2.17. The second kappa shape index (κ2) is 6.19. The summed E-state index contributed by atoms with van der Waals surface area (Å²) in [7, 11) is -4.31. The summed E-state index contributed by atoms with van der Waals surface area (Å²) in [6.45, 7) is 1.13. The lowest BCUT2D eigenvalue weighted by molar-refractivity contribution is -0.141. The molecule has 0 spiro atoms. The van der Waals surface area contributed by atoms with E-state index in [1.807, 2.05) is 4.72 Å². The maximum Gasteiger partial charge on any atom is 0.324 e. The lowest BCUT2D eigenvalue weighted by Crippen LogP contribution is -2.47. The molecule has 1 aromatic rings. The third kappa shape index (κ3) is 3.68. The maximum atomic E-state index is 12.1. The van der Waals surface area contributed by atoms with Crippen molar-refractivity contribution in [1.82, 2.24) is 4.72 Å². The molecule has 7 nitrogen and oxygen atoms in total. The van der Waals surface area contributed by atoms with Crippen molar-refractivity contribution >= 4 is 27.6 Å². The van der Waals surface area contributed by atoms with Crippen molar-refractivity contribution in [3.05, 3.63) is 28.8 Å². The molecule has 0 fully saturated rings. The van der Waals surface area contributed by atoms with E-state index >= 15 is 0 Å². The number of hydrogen-bond donors (Lipinski definition) is 3. The van der Waals surface area contributed by atoms with E-state index in [1.165, 1.54) is 12.1 Å². The molecule has 0 amide bonds. The van der Waals surface area contributed by atoms with Gasteiger partial charge in [0, 0.05) is 5.02 Å². The van der Waals surface area contributed by atoms with Crippen molar-refractivity contribution in [1.29, 1.82) is 5.26 Å². The van der Waals surface area contributed by atoms with Gasteiger partial charge in [0.2, 0.25) is 10.0 Å². The normalized spacial score (nSPS) is 14.3. The van der Waals surface area contributed by atoms with Gasteiger partial charge in [-0.15, -0.1) is 0 Å². The Bertz CT molecular complexity index is 666. The quantitative estimate of drug-likeness (QED) is 0.717. The van der Waals surface area contributed by atoms with Gasteiger partial charge in [-0.25, -0.2) is 8.42 Å². The van der Waals surface area contributed by atoms with Crippen LogP contribution in [-0.4, -0.2) is 36.7 Å². The van der Waals surface area contributed by atoms with E-state index in [0.717, 1.165) is 13.0 Å². The first-order chi connectivity index (χ1) is 9.19. The van der Waals surface area contributed by atoms with E-state index < -0.39 is 33.0 Å². The smallest absolute Gasteiger partial charge is 0.324 e. The van der Waals surface area contributed by atoms with E-state index in [1.54, 1.807) is 6.07 Å². The fraction of sp³-hybridized carbons (Fsp3) is 0.273. The van der Waals surface area contributed by atoms with Crippen LogP contribution in [0.15, 0.2) is 23.1 Å². The molecular weight excluding hydrogens is 308 g/mol. The van der Waals surface area contributed by atoms with Crippen molar-refractivity contribution < 1.29 is 23.4 Å². The number of aliphatic carboxylic acids is 1. The lowest BCUT2D eigenvalue weighted by atomic mass is 10.2. The number of carbonyl (C=O) groups is 1. The second-order valence-corrected chi connectivity index (χ2v) is 6.05. The summed E-state index contributed by atoms with van der Waals surface area (Å²) >= 11 is 5.67. The SMILES string of the molecule is CC(O)C(NS(=O)(=O)c1cc(Cl)ccc1C#N)C(=O)O. The Hall–Kier alpha value is -1.66. The van der Waals surface area contributed by atoms with Crippen LogP contribution in [0, 0.1) is 11.3 Å². The first-order valence-corrected chi connectivity index (χ1v) is 7.18. The summed E-state index contributed by atoms with van der Waals surface area (Å²) in [6, 6.07) is 3.51. The number of sulfonamides is 1. The second-order valence-electron chi connectivity index (χ2n) is 3.93. The average Bonchev–Trinajstić information content (AvgIpc) is 2.35. The summed E-state index contributed by atoms with van der Waals surface area (Å²) in [6.07, 6.45) is -1.45. The van der Waals surface area contributed by atoms with Gasteiger partial charge in [0.05, 0.1) is 11.7 Å². The van der Waals surface area contributed by atoms with E-state index in [0.29, 0.717) is 0 Å². The molecule has 3 N–H and O–H groups in total. The molecule has 0 aliphatic heterocycles. The molecule has 0 saturated carbocycles. The summed E-state index contributed by atoms with van der Waals surface area (Å²) in [5.74, 6) is -1.54. The molecule has 9 heteroatoms. The molecule has 0 aliphatic rings. The van der Waals surface area contributed by atoms with Gasteiger partial charge in [0.15, 0.2) is 0 Å². The van der Waals surface area contributed by atoms with Crippen molar-refractivity contribution in [2.24, 2.45) is 0 Å². The Morgan fingerprint density at radius 1 is 1.50 bits per heavy atom. The van der Waals surface area contributed by atoms with Gasteiger partial charge in [0.1, 0.15) is 17.0 Å². The molecule has 1 rings (SSSR count). The van der Waals surface area contributed by atoms with Crippen LogP contribution in [0.2, 0.25) is 5.02 Å². The molecule has 0 bridgehead atoms. The zero-order valence-electron chi connectivity index (χ0n) is 10.2. The van der Waals surface area contributed by atoms with E-state index in [4.69, 9.17) is 22.0 Å². The third-order valence-corrected chi connectivity index (χ3v) is 4.10. The van der Waals surface area contributed by atoms with Crippen LogP contribution in [0.25, 0.3) is 0 Å². The van der Waals surface area contributed by atoms with Crippen molar-refractivity contribution in [2.45, 2.75) is 24.0 Å². The van der Waals surface area contributed by atoms with Crippen molar-refractivity contribution in [3.8, 4) is 6.07 Å². The standard InChI is InChI=1S/C11H11ClN2O5S/c1-6(15)10(11(16)17)14-20(18,19)9-4-8(12)3-2-7(9)5-13/h2-4,6,10,14-15H,1H3,(H,16,17). The molecule has 1 aromatic carbocycles. The highest BCUT2D eigenvalue weighted by molar-refractivity contribution is 7.89. The Kier molecular flexibility index (Phi) is 5.08. The van der Waals surface area contributed by atoms with E-state index in [-0.39, 0.29) is 10.6 Å². The fourth-order valence-electron chi connectivity index (χ4n) is 1.40. The monoisotopic (exact) mass is 318 g/mol. The van der Waals surface area contributed by atoms with Gasteiger partial charge in [-0.2, -0.15) is 9.98 Å². The summed E-state index contributed by atoms with van der Waals surface area (Å²) in [5, 5.41) is 27.1. The first kappa shape index (κ1) is 16.4. The fourth-order valence-corrected chi connectivity index (χ4v) is 3.08. The maximum absolute atomic E-state index is 12.1. The number of carboxylic acid groups (broad SMARTS) is 1. The Labute approximate surface area is 120 Å². The summed E-state index contributed by atoms with van der Waals surface area (Å²) in [5.41, 5.74) is -0.184. The van der Waals surface area contributed by atoms with Gasteiger partial charge < -0.3 is 10.2 Å². The number of nitriles is 1. The number of benzene rings is 1.